The van der Waals surface area contributed by atoms with Gasteiger partial charge in [0.2, 0.25) is 0 Å². The first kappa shape index (κ1) is 11.4. The van der Waals surface area contributed by atoms with Gasteiger partial charge in [-0.25, -0.2) is 0 Å². The van der Waals surface area contributed by atoms with Crippen molar-refractivity contribution in [2.24, 2.45) is 0 Å². The third-order valence-corrected chi connectivity index (χ3v) is 3.27. The van der Waals surface area contributed by atoms with Gasteiger partial charge in [0.05, 0.1) is 18.8 Å². The van der Waals surface area contributed by atoms with E-state index in [1.54, 1.807) is 7.11 Å². The van der Waals surface area contributed by atoms with E-state index >= 15 is 0 Å². The number of ether oxygens (including phenoxy) is 1. The zero-order valence-corrected chi connectivity index (χ0v) is 10.6. The lowest BCUT2D eigenvalue weighted by Crippen LogP contribution is -2.06. The van der Waals surface area contributed by atoms with E-state index in [1.807, 2.05) is 11.5 Å². The van der Waals surface area contributed by atoms with Crippen LogP contribution in [-0.2, 0) is 11.3 Å². The van der Waals surface area contributed by atoms with Crippen LogP contribution in [0.5, 0.6) is 0 Å². The standard InChI is InChI=1S/C8H11N5OS2/c1-5-6(16-12-9-5)7-10-11-8(15)13(7)3-4-14-2/h3-4H2,1-2H3,(H,11,15). The van der Waals surface area contributed by atoms with Gasteiger partial charge in [0.1, 0.15) is 4.88 Å². The van der Waals surface area contributed by atoms with Gasteiger partial charge in [0, 0.05) is 7.11 Å². The number of hydrogen-bond donors (Lipinski definition) is 1. The summed E-state index contributed by atoms with van der Waals surface area (Å²) in [4.78, 5) is 0.934. The van der Waals surface area contributed by atoms with Gasteiger partial charge in [-0.05, 0) is 30.7 Å². The number of aromatic amines is 1. The molecule has 2 aromatic heterocycles. The van der Waals surface area contributed by atoms with Gasteiger partial charge in [-0.3, -0.25) is 9.67 Å². The summed E-state index contributed by atoms with van der Waals surface area (Å²) in [5, 5.41) is 10.9. The molecule has 0 atom stereocenters. The second kappa shape index (κ2) is 4.81. The lowest BCUT2D eigenvalue weighted by Gasteiger charge is -2.03. The zero-order chi connectivity index (χ0) is 11.5. The van der Waals surface area contributed by atoms with Crippen LogP contribution in [0.15, 0.2) is 0 Å². The second-order valence-corrected chi connectivity index (χ2v) is 4.33. The molecule has 0 spiro atoms. The summed E-state index contributed by atoms with van der Waals surface area (Å²) in [6.07, 6.45) is 0. The maximum Gasteiger partial charge on any atom is 0.195 e. The van der Waals surface area contributed by atoms with Crippen LogP contribution in [-0.4, -0.2) is 38.1 Å². The lowest BCUT2D eigenvalue weighted by molar-refractivity contribution is 0.187. The van der Waals surface area contributed by atoms with Crippen molar-refractivity contribution in [3.05, 3.63) is 10.5 Å². The Balaban J connectivity index is 2.42. The van der Waals surface area contributed by atoms with Gasteiger partial charge in [-0.1, -0.05) is 4.49 Å². The summed E-state index contributed by atoms with van der Waals surface area (Å²) in [5.74, 6) is 0.773. The van der Waals surface area contributed by atoms with Crippen molar-refractivity contribution >= 4 is 23.8 Å². The Morgan fingerprint density at radius 2 is 2.38 bits per heavy atom. The molecule has 1 N–H and O–H groups in total. The first-order chi connectivity index (χ1) is 7.74. The van der Waals surface area contributed by atoms with E-state index < -0.39 is 0 Å². The highest BCUT2D eigenvalue weighted by Gasteiger charge is 2.14. The van der Waals surface area contributed by atoms with E-state index in [-0.39, 0.29) is 0 Å². The maximum absolute atomic E-state index is 5.16. The van der Waals surface area contributed by atoms with Crippen LogP contribution in [0.3, 0.4) is 0 Å². The minimum absolute atomic E-state index is 0.583. The molecule has 2 rings (SSSR count). The van der Waals surface area contributed by atoms with Crippen LogP contribution in [0.1, 0.15) is 5.69 Å². The monoisotopic (exact) mass is 257 g/mol. The number of hydrogen-bond acceptors (Lipinski definition) is 6. The topological polar surface area (TPSA) is 68.6 Å². The van der Waals surface area contributed by atoms with E-state index in [2.05, 4.69) is 19.8 Å². The number of aromatic nitrogens is 5. The zero-order valence-electron chi connectivity index (χ0n) is 8.93. The van der Waals surface area contributed by atoms with Crippen LogP contribution >= 0.6 is 23.8 Å². The highest BCUT2D eigenvalue weighted by Crippen LogP contribution is 2.23. The minimum atomic E-state index is 0.583. The van der Waals surface area contributed by atoms with Gasteiger partial charge >= 0.3 is 0 Å². The molecule has 8 heteroatoms. The number of nitrogens with one attached hydrogen (secondary N) is 1. The quantitative estimate of drug-likeness (QED) is 0.839. The SMILES string of the molecule is COCCn1c(-c2snnc2C)n[nH]c1=S. The first-order valence-corrected chi connectivity index (χ1v) is 5.85. The summed E-state index contributed by atoms with van der Waals surface area (Å²) in [7, 11) is 1.66. The molecular formula is C8H11N5OS2. The third-order valence-electron chi connectivity index (χ3n) is 2.13. The van der Waals surface area contributed by atoms with Gasteiger partial charge in [-0.15, -0.1) is 5.10 Å². The number of methoxy groups -OCH3 is 1. The van der Waals surface area contributed by atoms with Crippen molar-refractivity contribution in [3.63, 3.8) is 0 Å². The van der Waals surface area contributed by atoms with Crippen LogP contribution in [0.4, 0.5) is 0 Å². The average Bonchev–Trinajstić information content (AvgIpc) is 2.82. The highest BCUT2D eigenvalue weighted by molar-refractivity contribution is 7.71. The van der Waals surface area contributed by atoms with Crippen molar-refractivity contribution in [1.29, 1.82) is 0 Å². The van der Waals surface area contributed by atoms with E-state index in [9.17, 15) is 0 Å². The molecule has 86 valence electrons. The van der Waals surface area contributed by atoms with Gasteiger partial charge in [0.15, 0.2) is 10.6 Å². The summed E-state index contributed by atoms with van der Waals surface area (Å²) in [6, 6.07) is 0. The predicted molar refractivity (Wildman–Crippen MR) is 62.9 cm³/mol. The molecule has 6 nitrogen and oxygen atoms in total. The number of aryl methyl sites for hydroxylation is 1. The van der Waals surface area contributed by atoms with Crippen molar-refractivity contribution in [3.8, 4) is 10.7 Å². The fraction of sp³-hybridized carbons (Fsp3) is 0.500. The largest absolute Gasteiger partial charge is 0.383 e. The lowest BCUT2D eigenvalue weighted by atomic mass is 10.4. The summed E-state index contributed by atoms with van der Waals surface area (Å²) >= 11 is 6.47. The molecule has 0 saturated heterocycles. The van der Waals surface area contributed by atoms with E-state index in [1.165, 1.54) is 11.5 Å². The normalized spacial score (nSPS) is 10.9. The molecule has 0 fully saturated rings. The summed E-state index contributed by atoms with van der Waals surface area (Å²) in [5.41, 5.74) is 0.859. The van der Waals surface area contributed by atoms with Crippen LogP contribution < -0.4 is 0 Å². The molecule has 0 aliphatic heterocycles. The minimum Gasteiger partial charge on any atom is -0.383 e. The van der Waals surface area contributed by atoms with Gasteiger partial charge < -0.3 is 4.74 Å². The van der Waals surface area contributed by atoms with Crippen LogP contribution in [0, 0.1) is 11.7 Å². The van der Waals surface area contributed by atoms with Gasteiger partial charge in [0.25, 0.3) is 0 Å². The predicted octanol–water partition coefficient (Wildman–Crippen LogP) is 1.41. The third kappa shape index (κ3) is 2.04. The molecule has 0 aliphatic rings. The Bertz CT molecular complexity index is 529. The summed E-state index contributed by atoms with van der Waals surface area (Å²) < 4.78 is 11.4. The molecule has 0 bridgehead atoms. The molecule has 0 amide bonds. The van der Waals surface area contributed by atoms with E-state index in [0.29, 0.717) is 17.9 Å². The molecule has 16 heavy (non-hydrogen) atoms. The maximum atomic E-state index is 5.16. The van der Waals surface area contributed by atoms with Crippen molar-refractivity contribution < 1.29 is 4.74 Å². The molecule has 2 heterocycles. The average molecular weight is 257 g/mol. The molecule has 0 aromatic carbocycles. The van der Waals surface area contributed by atoms with Crippen molar-refractivity contribution in [1.82, 2.24) is 24.4 Å². The number of H-pyrrole nitrogens is 1. The molecule has 0 radical (unpaired) electrons. The fourth-order valence-corrected chi connectivity index (χ4v) is 2.20. The smallest absolute Gasteiger partial charge is 0.195 e. The van der Waals surface area contributed by atoms with Crippen molar-refractivity contribution in [2.75, 3.05) is 13.7 Å². The second-order valence-electron chi connectivity index (χ2n) is 3.18. The number of rotatable bonds is 4. The molecule has 0 saturated carbocycles. The Morgan fingerprint density at radius 3 is 3.00 bits per heavy atom. The first-order valence-electron chi connectivity index (χ1n) is 4.67. The molecular weight excluding hydrogens is 246 g/mol. The van der Waals surface area contributed by atoms with Gasteiger partial charge in [-0.2, -0.15) is 5.10 Å². The highest BCUT2D eigenvalue weighted by atomic mass is 32.1. The Labute approximate surface area is 101 Å². The van der Waals surface area contributed by atoms with Crippen molar-refractivity contribution in [2.45, 2.75) is 13.5 Å². The molecule has 0 unspecified atom stereocenters. The Kier molecular flexibility index (Phi) is 3.42. The van der Waals surface area contributed by atoms with Crippen LogP contribution in [0.25, 0.3) is 10.7 Å². The van der Waals surface area contributed by atoms with E-state index in [4.69, 9.17) is 17.0 Å². The molecule has 0 aliphatic carbocycles. The fourth-order valence-electron chi connectivity index (χ4n) is 1.32. The van der Waals surface area contributed by atoms with Crippen LogP contribution in [0.2, 0.25) is 0 Å². The summed E-state index contributed by atoms with van der Waals surface area (Å²) in [6.45, 7) is 3.15. The Morgan fingerprint density at radius 1 is 1.56 bits per heavy atom. The number of nitrogens with zero attached hydrogens (tertiary/aromatic N) is 4. The molecule has 2 aromatic rings. The van der Waals surface area contributed by atoms with E-state index in [0.717, 1.165) is 16.4 Å². The Hall–Kier alpha value is -1.12.